The molecule has 0 aliphatic heterocycles. The van der Waals surface area contributed by atoms with E-state index in [4.69, 9.17) is 4.52 Å². The predicted octanol–water partition coefficient (Wildman–Crippen LogP) is 4.80. The molecule has 150 valence electrons. The number of benzene rings is 2. The number of fused-ring (bicyclic) bond motifs is 1. The summed E-state index contributed by atoms with van der Waals surface area (Å²) in [6.07, 6.45) is 0.376. The lowest BCUT2D eigenvalue weighted by molar-refractivity contribution is -0.115. The molecule has 0 bridgehead atoms. The van der Waals surface area contributed by atoms with Crippen LogP contribution in [0, 0.1) is 6.92 Å². The summed E-state index contributed by atoms with van der Waals surface area (Å²) in [4.78, 5) is 29.3. The molecule has 0 saturated carbocycles. The first kappa shape index (κ1) is 19.3. The maximum absolute atomic E-state index is 13.2. The Hall–Kier alpha value is -4.00. The van der Waals surface area contributed by atoms with Crippen LogP contribution in [0.4, 0.5) is 11.4 Å². The van der Waals surface area contributed by atoms with E-state index in [1.165, 1.54) is 0 Å². The molecule has 7 heteroatoms. The van der Waals surface area contributed by atoms with Crippen LogP contribution in [0.15, 0.2) is 65.2 Å². The first-order chi connectivity index (χ1) is 14.5. The molecule has 2 amide bonds. The lowest BCUT2D eigenvalue weighted by Crippen LogP contribution is -2.14. The minimum Gasteiger partial charge on any atom is -0.335 e. The van der Waals surface area contributed by atoms with E-state index in [0.29, 0.717) is 45.8 Å². The highest BCUT2D eigenvalue weighted by Gasteiger charge is 2.19. The van der Waals surface area contributed by atoms with E-state index >= 15 is 0 Å². The fraction of sp³-hybridized carbons (Fsp3) is 0.130. The van der Waals surface area contributed by atoms with E-state index in [9.17, 15) is 9.59 Å². The number of hydrogen-bond donors (Lipinski definition) is 2. The van der Waals surface area contributed by atoms with Crippen LogP contribution >= 0.6 is 0 Å². The minimum atomic E-state index is -0.315. The van der Waals surface area contributed by atoms with E-state index in [-0.39, 0.29) is 11.8 Å². The van der Waals surface area contributed by atoms with Gasteiger partial charge in [0.1, 0.15) is 0 Å². The SMILES string of the molecule is CCC(=O)Nc1cccc(NC(=O)c2cc(-c3ccccc3)nc3onc(C)c23)c1. The third-order valence-corrected chi connectivity index (χ3v) is 4.66. The highest BCUT2D eigenvalue weighted by Crippen LogP contribution is 2.28. The predicted molar refractivity (Wildman–Crippen MR) is 115 cm³/mol. The maximum Gasteiger partial charge on any atom is 0.259 e. The first-order valence-corrected chi connectivity index (χ1v) is 9.59. The highest BCUT2D eigenvalue weighted by molar-refractivity contribution is 6.13. The number of hydrogen-bond acceptors (Lipinski definition) is 5. The molecule has 2 aromatic heterocycles. The van der Waals surface area contributed by atoms with Gasteiger partial charge in [0.15, 0.2) is 0 Å². The number of aromatic nitrogens is 2. The van der Waals surface area contributed by atoms with Crippen molar-refractivity contribution >= 4 is 34.3 Å². The Labute approximate surface area is 173 Å². The average Bonchev–Trinajstić information content (AvgIpc) is 3.14. The number of rotatable bonds is 5. The molecule has 0 spiro atoms. The van der Waals surface area contributed by atoms with Crippen molar-refractivity contribution in [3.8, 4) is 11.3 Å². The maximum atomic E-state index is 13.2. The molecule has 2 aromatic carbocycles. The third kappa shape index (κ3) is 3.91. The van der Waals surface area contributed by atoms with Gasteiger partial charge in [-0.05, 0) is 31.2 Å². The average molecular weight is 400 g/mol. The number of anilines is 2. The van der Waals surface area contributed by atoms with Gasteiger partial charge in [-0.15, -0.1) is 0 Å². The fourth-order valence-corrected chi connectivity index (χ4v) is 3.15. The first-order valence-electron chi connectivity index (χ1n) is 9.59. The number of aryl methyl sites for hydroxylation is 1. The van der Waals surface area contributed by atoms with Crippen LogP contribution in [0.5, 0.6) is 0 Å². The van der Waals surface area contributed by atoms with Crippen LogP contribution in [0.1, 0.15) is 29.4 Å². The van der Waals surface area contributed by atoms with Crippen LogP contribution in [0.2, 0.25) is 0 Å². The van der Waals surface area contributed by atoms with Crippen LogP contribution in [0.25, 0.3) is 22.4 Å². The van der Waals surface area contributed by atoms with Crippen molar-refractivity contribution in [1.29, 1.82) is 0 Å². The van der Waals surface area contributed by atoms with Gasteiger partial charge in [0.25, 0.3) is 11.6 Å². The summed E-state index contributed by atoms with van der Waals surface area (Å²) in [7, 11) is 0. The number of carbonyl (C=O) groups excluding carboxylic acids is 2. The molecule has 0 aliphatic carbocycles. The summed E-state index contributed by atoms with van der Waals surface area (Å²) < 4.78 is 5.34. The Bertz CT molecular complexity index is 1230. The van der Waals surface area contributed by atoms with E-state index in [1.807, 2.05) is 30.3 Å². The van der Waals surface area contributed by atoms with Gasteiger partial charge in [-0.25, -0.2) is 4.98 Å². The zero-order valence-corrected chi connectivity index (χ0v) is 16.6. The Morgan fingerprint density at radius 2 is 1.70 bits per heavy atom. The van der Waals surface area contributed by atoms with Crippen molar-refractivity contribution in [3.63, 3.8) is 0 Å². The molecule has 4 rings (SSSR count). The van der Waals surface area contributed by atoms with Crippen LogP contribution in [-0.2, 0) is 4.79 Å². The largest absolute Gasteiger partial charge is 0.335 e. The smallest absolute Gasteiger partial charge is 0.259 e. The number of pyridine rings is 1. The van der Waals surface area contributed by atoms with Gasteiger partial charge < -0.3 is 15.2 Å². The topological polar surface area (TPSA) is 97.1 Å². The van der Waals surface area contributed by atoms with Gasteiger partial charge in [0.2, 0.25) is 5.91 Å². The van der Waals surface area contributed by atoms with Crippen molar-refractivity contribution in [2.45, 2.75) is 20.3 Å². The molecule has 2 heterocycles. The summed E-state index contributed by atoms with van der Waals surface area (Å²) in [6.45, 7) is 3.55. The molecule has 0 fully saturated rings. The Balaban J connectivity index is 1.70. The van der Waals surface area contributed by atoms with Crippen molar-refractivity contribution in [2.75, 3.05) is 10.6 Å². The summed E-state index contributed by atoms with van der Waals surface area (Å²) in [6, 6.07) is 18.3. The van der Waals surface area contributed by atoms with E-state index in [1.54, 1.807) is 44.2 Å². The summed E-state index contributed by atoms with van der Waals surface area (Å²) in [5, 5.41) is 10.2. The summed E-state index contributed by atoms with van der Waals surface area (Å²) in [5.74, 6) is -0.410. The van der Waals surface area contributed by atoms with Crippen LogP contribution in [0.3, 0.4) is 0 Å². The van der Waals surface area contributed by atoms with Crippen LogP contribution < -0.4 is 10.6 Å². The van der Waals surface area contributed by atoms with Crippen LogP contribution in [-0.4, -0.2) is 22.0 Å². The Morgan fingerprint density at radius 3 is 2.43 bits per heavy atom. The fourth-order valence-electron chi connectivity index (χ4n) is 3.15. The second-order valence-corrected chi connectivity index (χ2v) is 6.81. The quantitative estimate of drug-likeness (QED) is 0.502. The second kappa shape index (κ2) is 8.16. The molecule has 7 nitrogen and oxygen atoms in total. The number of nitrogens with zero attached hydrogens (tertiary/aromatic N) is 2. The molecule has 2 N–H and O–H groups in total. The molecular weight excluding hydrogens is 380 g/mol. The number of carbonyl (C=O) groups is 2. The molecule has 0 atom stereocenters. The standard InChI is InChI=1S/C23H20N4O3/c1-3-20(28)24-16-10-7-11-17(12-16)25-22(29)18-13-19(15-8-5-4-6-9-15)26-23-21(18)14(2)27-30-23/h4-13H,3H2,1-2H3,(H,24,28)(H,25,29). The van der Waals surface area contributed by atoms with E-state index < -0.39 is 0 Å². The number of nitrogens with one attached hydrogen (secondary N) is 2. The molecule has 0 unspecified atom stereocenters. The molecule has 4 aromatic rings. The molecule has 0 radical (unpaired) electrons. The lowest BCUT2D eigenvalue weighted by Gasteiger charge is -2.10. The monoisotopic (exact) mass is 400 g/mol. The van der Waals surface area contributed by atoms with Gasteiger partial charge in [-0.2, -0.15) is 0 Å². The van der Waals surface area contributed by atoms with Gasteiger partial charge in [0, 0.05) is 23.4 Å². The third-order valence-electron chi connectivity index (χ3n) is 4.66. The van der Waals surface area contributed by atoms with E-state index in [2.05, 4.69) is 20.8 Å². The summed E-state index contributed by atoms with van der Waals surface area (Å²) in [5.41, 5.74) is 3.98. The minimum absolute atomic E-state index is 0.0954. The van der Waals surface area contributed by atoms with Crippen molar-refractivity contribution in [3.05, 3.63) is 71.9 Å². The highest BCUT2D eigenvalue weighted by atomic mass is 16.5. The summed E-state index contributed by atoms with van der Waals surface area (Å²) >= 11 is 0. The molecule has 30 heavy (non-hydrogen) atoms. The van der Waals surface area contributed by atoms with Crippen molar-refractivity contribution < 1.29 is 14.1 Å². The molecular formula is C23H20N4O3. The van der Waals surface area contributed by atoms with Gasteiger partial charge in [-0.1, -0.05) is 48.5 Å². The normalized spacial score (nSPS) is 10.7. The Kier molecular flexibility index (Phi) is 5.26. The number of amides is 2. The zero-order chi connectivity index (χ0) is 21.1. The van der Waals surface area contributed by atoms with E-state index in [0.717, 1.165) is 5.56 Å². The molecule has 0 aliphatic rings. The zero-order valence-electron chi connectivity index (χ0n) is 16.6. The molecule has 0 saturated heterocycles. The lowest BCUT2D eigenvalue weighted by atomic mass is 10.0. The van der Waals surface area contributed by atoms with Crippen molar-refractivity contribution in [2.24, 2.45) is 0 Å². The van der Waals surface area contributed by atoms with Gasteiger partial charge >= 0.3 is 0 Å². The van der Waals surface area contributed by atoms with Crippen molar-refractivity contribution in [1.82, 2.24) is 10.1 Å². The second-order valence-electron chi connectivity index (χ2n) is 6.81. The van der Waals surface area contributed by atoms with Gasteiger partial charge in [-0.3, -0.25) is 9.59 Å². The van der Waals surface area contributed by atoms with Gasteiger partial charge in [0.05, 0.1) is 22.3 Å². The Morgan fingerprint density at radius 1 is 0.967 bits per heavy atom.